The maximum absolute atomic E-state index is 13.3. The van der Waals surface area contributed by atoms with Crippen LogP contribution < -0.4 is 4.74 Å². The molecule has 0 N–H and O–H groups in total. The highest BCUT2D eigenvalue weighted by molar-refractivity contribution is 6.70. The summed E-state index contributed by atoms with van der Waals surface area (Å²) in [4.78, 5) is 15.1. The molecule has 1 aliphatic carbocycles. The van der Waals surface area contributed by atoms with Crippen LogP contribution in [0.15, 0.2) is 36.2 Å². The lowest BCUT2D eigenvalue weighted by Gasteiger charge is -2.49. The molecule has 2 aliphatic rings. The minimum Gasteiger partial charge on any atom is -0.533 e. The van der Waals surface area contributed by atoms with Crippen molar-refractivity contribution in [3.05, 3.63) is 41.8 Å². The molecule has 0 radical (unpaired) electrons. The van der Waals surface area contributed by atoms with E-state index in [1.807, 2.05) is 37.3 Å². The fraction of sp³-hybridized carbons (Fsp3) is 0.526. The number of allylic oxidation sites excluding steroid dienone is 1. The third-order valence-corrected chi connectivity index (χ3v) is 5.36. The zero-order chi connectivity index (χ0) is 17.4. The Balaban J connectivity index is 2.07. The number of rotatable bonds is 3. The van der Waals surface area contributed by atoms with Crippen LogP contribution in [0.2, 0.25) is 19.6 Å². The molecule has 1 saturated carbocycles. The Morgan fingerprint density at radius 2 is 1.88 bits per heavy atom. The molecule has 1 aliphatic heterocycles. The minimum absolute atomic E-state index is 0.00917. The SMILES string of the molecule is C/C=C(\O[Si](C)(C)C)N1C(=O)c2ccccc2OC12CCCCC2. The van der Waals surface area contributed by atoms with E-state index in [0.29, 0.717) is 17.2 Å². The molecule has 0 unspecified atom stereocenters. The fourth-order valence-corrected chi connectivity index (χ4v) is 4.40. The summed E-state index contributed by atoms with van der Waals surface area (Å²) in [5, 5.41) is 0. The van der Waals surface area contributed by atoms with Crippen molar-refractivity contribution in [1.82, 2.24) is 4.90 Å². The van der Waals surface area contributed by atoms with Crippen molar-refractivity contribution >= 4 is 14.2 Å². The van der Waals surface area contributed by atoms with E-state index in [1.54, 1.807) is 4.90 Å². The van der Waals surface area contributed by atoms with Crippen LogP contribution in [0.4, 0.5) is 0 Å². The predicted octanol–water partition coefficient (Wildman–Crippen LogP) is 4.89. The zero-order valence-electron chi connectivity index (χ0n) is 15.1. The molecule has 1 fully saturated rings. The number of benzene rings is 1. The molecule has 4 nitrogen and oxygen atoms in total. The molecule has 0 saturated heterocycles. The Hall–Kier alpha value is -1.75. The van der Waals surface area contributed by atoms with Gasteiger partial charge in [-0.1, -0.05) is 18.6 Å². The number of carbonyl (C=O) groups is 1. The molecular weight excluding hydrogens is 318 g/mol. The van der Waals surface area contributed by atoms with Crippen molar-refractivity contribution in [3.63, 3.8) is 0 Å². The second-order valence-electron chi connectivity index (χ2n) is 7.59. The number of carbonyl (C=O) groups excluding carboxylic acids is 1. The van der Waals surface area contributed by atoms with Gasteiger partial charge in [0.1, 0.15) is 5.75 Å². The van der Waals surface area contributed by atoms with Crippen LogP contribution in [0.5, 0.6) is 5.75 Å². The van der Waals surface area contributed by atoms with Gasteiger partial charge in [0.05, 0.1) is 5.56 Å². The summed E-state index contributed by atoms with van der Waals surface area (Å²) in [7, 11) is -1.84. The molecule has 1 aromatic carbocycles. The Bertz CT molecular complexity index is 657. The summed E-state index contributed by atoms with van der Waals surface area (Å²) in [6.07, 6.45) is 6.92. The van der Waals surface area contributed by atoms with Crippen LogP contribution in [-0.4, -0.2) is 24.8 Å². The van der Waals surface area contributed by atoms with E-state index >= 15 is 0 Å². The maximum atomic E-state index is 13.3. The van der Waals surface area contributed by atoms with Crippen LogP contribution in [0.3, 0.4) is 0 Å². The number of ether oxygens (including phenoxy) is 1. The van der Waals surface area contributed by atoms with Crippen molar-refractivity contribution in [1.29, 1.82) is 0 Å². The van der Waals surface area contributed by atoms with Crippen molar-refractivity contribution in [2.24, 2.45) is 0 Å². The largest absolute Gasteiger partial charge is 0.533 e. The highest BCUT2D eigenvalue weighted by Gasteiger charge is 2.50. The van der Waals surface area contributed by atoms with E-state index in [4.69, 9.17) is 9.16 Å². The molecule has 1 amide bonds. The quantitative estimate of drug-likeness (QED) is 0.578. The molecule has 24 heavy (non-hydrogen) atoms. The number of para-hydroxylation sites is 1. The molecule has 1 aromatic rings. The second kappa shape index (κ2) is 6.28. The van der Waals surface area contributed by atoms with Gasteiger partial charge < -0.3 is 9.16 Å². The van der Waals surface area contributed by atoms with Gasteiger partial charge in [-0.25, -0.2) is 4.90 Å². The van der Waals surface area contributed by atoms with Gasteiger partial charge >= 0.3 is 0 Å². The predicted molar refractivity (Wildman–Crippen MR) is 97.2 cm³/mol. The highest BCUT2D eigenvalue weighted by Crippen LogP contribution is 2.44. The van der Waals surface area contributed by atoms with Crippen LogP contribution in [0.25, 0.3) is 0 Å². The Labute approximate surface area is 145 Å². The van der Waals surface area contributed by atoms with E-state index < -0.39 is 14.0 Å². The lowest BCUT2D eigenvalue weighted by molar-refractivity contribution is -0.0974. The maximum Gasteiger partial charge on any atom is 0.267 e. The topological polar surface area (TPSA) is 38.8 Å². The van der Waals surface area contributed by atoms with Crippen LogP contribution in [0.1, 0.15) is 49.4 Å². The number of hydrogen-bond donors (Lipinski definition) is 0. The smallest absolute Gasteiger partial charge is 0.267 e. The number of hydrogen-bond acceptors (Lipinski definition) is 3. The summed E-state index contributed by atoms with van der Waals surface area (Å²) < 4.78 is 12.7. The summed E-state index contributed by atoms with van der Waals surface area (Å²) in [6, 6.07) is 7.54. The summed E-state index contributed by atoms with van der Waals surface area (Å²) in [6.45, 7) is 8.33. The first-order valence-electron chi connectivity index (χ1n) is 8.84. The molecule has 0 bridgehead atoms. The standard InChI is InChI=1S/C19H27NO3Si/c1-5-17(23-24(2,3)4)20-18(21)15-11-7-8-12-16(15)22-19(20)13-9-6-10-14-19/h5,7-8,11-12H,6,9-10,13-14H2,1-4H3/b17-5-. The molecular formula is C19H27NO3Si. The van der Waals surface area contributed by atoms with E-state index in [0.717, 1.165) is 25.7 Å². The first kappa shape index (κ1) is 17.1. The Morgan fingerprint density at radius 3 is 2.50 bits per heavy atom. The van der Waals surface area contributed by atoms with Gasteiger partial charge in [-0.05, 0) is 57.6 Å². The number of nitrogens with zero attached hydrogens (tertiary/aromatic N) is 1. The van der Waals surface area contributed by atoms with Crippen molar-refractivity contribution in [2.75, 3.05) is 0 Å². The van der Waals surface area contributed by atoms with Crippen LogP contribution in [0, 0.1) is 0 Å². The Kier molecular flexibility index (Phi) is 4.47. The third kappa shape index (κ3) is 3.09. The zero-order valence-corrected chi connectivity index (χ0v) is 16.1. The van der Waals surface area contributed by atoms with Gasteiger partial charge in [-0.3, -0.25) is 4.79 Å². The van der Waals surface area contributed by atoms with Gasteiger partial charge in [0.25, 0.3) is 5.91 Å². The van der Waals surface area contributed by atoms with E-state index in [2.05, 4.69) is 19.6 Å². The van der Waals surface area contributed by atoms with E-state index in [1.165, 1.54) is 6.42 Å². The van der Waals surface area contributed by atoms with Gasteiger partial charge in [0, 0.05) is 12.8 Å². The van der Waals surface area contributed by atoms with Gasteiger partial charge in [0.2, 0.25) is 8.32 Å². The van der Waals surface area contributed by atoms with Gasteiger partial charge in [-0.15, -0.1) is 0 Å². The first-order valence-corrected chi connectivity index (χ1v) is 12.3. The van der Waals surface area contributed by atoms with E-state index in [-0.39, 0.29) is 5.91 Å². The summed E-state index contributed by atoms with van der Waals surface area (Å²) in [5.41, 5.74) is 0.0118. The molecule has 3 rings (SSSR count). The normalized spacial score (nSPS) is 20.6. The monoisotopic (exact) mass is 345 g/mol. The fourth-order valence-electron chi connectivity index (χ4n) is 3.57. The van der Waals surface area contributed by atoms with Crippen LogP contribution in [-0.2, 0) is 4.43 Å². The average Bonchev–Trinajstić information content (AvgIpc) is 2.53. The average molecular weight is 346 g/mol. The lowest BCUT2D eigenvalue weighted by Crippen LogP contribution is -2.59. The Morgan fingerprint density at radius 1 is 1.21 bits per heavy atom. The van der Waals surface area contributed by atoms with Crippen molar-refractivity contribution in [3.8, 4) is 5.75 Å². The highest BCUT2D eigenvalue weighted by atomic mass is 28.4. The lowest BCUT2D eigenvalue weighted by atomic mass is 9.88. The number of fused-ring (bicyclic) bond motifs is 1. The third-order valence-electron chi connectivity index (χ3n) is 4.54. The molecule has 1 heterocycles. The first-order chi connectivity index (χ1) is 11.4. The van der Waals surface area contributed by atoms with Gasteiger partial charge in [0.15, 0.2) is 11.6 Å². The molecule has 0 aromatic heterocycles. The van der Waals surface area contributed by atoms with Gasteiger partial charge in [-0.2, -0.15) is 0 Å². The second-order valence-corrected chi connectivity index (χ2v) is 12.0. The molecule has 0 atom stereocenters. The van der Waals surface area contributed by atoms with Crippen molar-refractivity contribution in [2.45, 2.75) is 64.4 Å². The summed E-state index contributed by atoms with van der Waals surface area (Å²) in [5.74, 6) is 1.34. The minimum atomic E-state index is -1.84. The summed E-state index contributed by atoms with van der Waals surface area (Å²) >= 11 is 0. The van der Waals surface area contributed by atoms with Crippen LogP contribution >= 0.6 is 0 Å². The van der Waals surface area contributed by atoms with E-state index in [9.17, 15) is 4.79 Å². The molecule has 5 heteroatoms. The van der Waals surface area contributed by atoms with Crippen molar-refractivity contribution < 1.29 is 14.0 Å². The molecule has 130 valence electrons. The molecule has 1 spiro atoms. The number of amides is 1.